The van der Waals surface area contributed by atoms with Crippen molar-refractivity contribution in [1.82, 2.24) is 0 Å². The first-order chi connectivity index (χ1) is 10.6. The second kappa shape index (κ2) is 4.63. The van der Waals surface area contributed by atoms with Crippen LogP contribution in [-0.4, -0.2) is 16.6 Å². The molecule has 2 atom stereocenters. The molecule has 6 nitrogen and oxygen atoms in total. The third-order valence-corrected chi connectivity index (χ3v) is 6.48. The molecule has 0 saturated heterocycles. The van der Waals surface area contributed by atoms with Crippen LogP contribution in [0.25, 0.3) is 0 Å². The second-order valence-corrected chi connectivity index (χ2v) is 7.40. The zero-order valence-electron chi connectivity index (χ0n) is 13.5. The molecule has 1 aromatic rings. The first-order valence-corrected chi connectivity index (χ1v) is 7.73. The van der Waals surface area contributed by atoms with E-state index in [4.69, 9.17) is 0 Å². The zero-order chi connectivity index (χ0) is 17.0. The molecule has 122 valence electrons. The fraction of sp³-hybridized carbons (Fsp3) is 0.529. The van der Waals surface area contributed by atoms with E-state index in [0.717, 1.165) is 6.42 Å². The molecule has 6 heteroatoms. The summed E-state index contributed by atoms with van der Waals surface area (Å²) in [5.74, 6) is -0.00136. The minimum absolute atomic E-state index is 0.0222. The van der Waals surface area contributed by atoms with Crippen LogP contribution in [0.3, 0.4) is 0 Å². The minimum Gasteiger partial charge on any atom is -0.326 e. The number of carbonyl (C=O) groups is 2. The van der Waals surface area contributed by atoms with Crippen molar-refractivity contribution in [2.75, 3.05) is 5.32 Å². The molecule has 2 saturated carbocycles. The molecule has 2 bridgehead atoms. The smallest absolute Gasteiger partial charge is 0.269 e. The number of nitro groups is 1. The van der Waals surface area contributed by atoms with Crippen LogP contribution in [-0.2, 0) is 9.59 Å². The quantitative estimate of drug-likeness (QED) is 0.684. The molecule has 2 aliphatic carbocycles. The lowest BCUT2D eigenvalue weighted by Crippen LogP contribution is -2.43. The Kier molecular flexibility index (Phi) is 3.15. The highest BCUT2D eigenvalue weighted by Gasteiger charge is 2.72. The number of non-ortho nitro benzene ring substituents is 1. The summed E-state index contributed by atoms with van der Waals surface area (Å²) in [7, 11) is 0. The number of hydrogen-bond donors (Lipinski definition) is 1. The van der Waals surface area contributed by atoms with Gasteiger partial charge in [0.25, 0.3) is 5.69 Å². The highest BCUT2D eigenvalue weighted by atomic mass is 16.6. The van der Waals surface area contributed by atoms with Gasteiger partial charge in [-0.05, 0) is 30.4 Å². The molecule has 0 spiro atoms. The fourth-order valence-corrected chi connectivity index (χ4v) is 4.28. The highest BCUT2D eigenvalue weighted by Crippen LogP contribution is 2.70. The lowest BCUT2D eigenvalue weighted by Gasteiger charge is -2.38. The van der Waals surface area contributed by atoms with Crippen LogP contribution >= 0.6 is 0 Å². The number of rotatable bonds is 3. The van der Waals surface area contributed by atoms with Gasteiger partial charge in [0.1, 0.15) is 5.78 Å². The van der Waals surface area contributed by atoms with Gasteiger partial charge in [0.2, 0.25) is 5.91 Å². The van der Waals surface area contributed by atoms with Crippen molar-refractivity contribution in [2.45, 2.75) is 40.0 Å². The number of anilines is 1. The first-order valence-electron chi connectivity index (χ1n) is 7.73. The predicted molar refractivity (Wildman–Crippen MR) is 84.9 cm³/mol. The van der Waals surface area contributed by atoms with E-state index < -0.39 is 21.2 Å². The van der Waals surface area contributed by atoms with E-state index in [1.807, 2.05) is 20.8 Å². The molecule has 1 N–H and O–H groups in total. The Morgan fingerprint density at radius 3 is 2.22 bits per heavy atom. The van der Waals surface area contributed by atoms with E-state index in [0.29, 0.717) is 12.1 Å². The third-order valence-electron chi connectivity index (χ3n) is 6.48. The Morgan fingerprint density at radius 1 is 1.17 bits per heavy atom. The van der Waals surface area contributed by atoms with Gasteiger partial charge in [0.15, 0.2) is 0 Å². The molecule has 0 aliphatic heterocycles. The van der Waals surface area contributed by atoms with Gasteiger partial charge in [0, 0.05) is 29.7 Å². The van der Waals surface area contributed by atoms with Crippen LogP contribution in [0.15, 0.2) is 24.3 Å². The van der Waals surface area contributed by atoms with Crippen molar-refractivity contribution >= 4 is 23.1 Å². The maximum atomic E-state index is 12.9. The number of nitrogens with one attached hydrogen (secondary N) is 1. The van der Waals surface area contributed by atoms with Crippen molar-refractivity contribution in [1.29, 1.82) is 0 Å². The number of nitro benzene ring substituents is 1. The summed E-state index contributed by atoms with van der Waals surface area (Å²) >= 11 is 0. The van der Waals surface area contributed by atoms with Crippen LogP contribution in [0.2, 0.25) is 0 Å². The maximum absolute atomic E-state index is 12.9. The van der Waals surface area contributed by atoms with E-state index in [9.17, 15) is 19.7 Å². The molecule has 2 aliphatic rings. The molecule has 2 unspecified atom stereocenters. The van der Waals surface area contributed by atoms with Crippen LogP contribution in [0.5, 0.6) is 0 Å². The number of Topliss-reactive ketones (excluding diaryl/α,β-unsaturated/α-hetero) is 1. The number of amides is 1. The largest absolute Gasteiger partial charge is 0.326 e. The summed E-state index contributed by atoms with van der Waals surface area (Å²) in [5.41, 5.74) is -1.05. The number of ketones is 1. The summed E-state index contributed by atoms with van der Waals surface area (Å²) in [4.78, 5) is 35.5. The first kappa shape index (κ1) is 15.6. The van der Waals surface area contributed by atoms with Crippen molar-refractivity contribution in [3.8, 4) is 0 Å². The molecule has 3 rings (SSSR count). The number of carbonyl (C=O) groups excluding carboxylic acids is 2. The molecule has 2 fully saturated rings. The Labute approximate surface area is 134 Å². The predicted octanol–water partition coefficient (Wildman–Crippen LogP) is 3.32. The van der Waals surface area contributed by atoms with E-state index in [1.54, 1.807) is 0 Å². The fourth-order valence-electron chi connectivity index (χ4n) is 4.28. The Balaban J connectivity index is 1.86. The monoisotopic (exact) mass is 316 g/mol. The molecule has 23 heavy (non-hydrogen) atoms. The Hall–Kier alpha value is -2.24. The molecular formula is C17H20N2O4. The average molecular weight is 316 g/mol. The zero-order valence-corrected chi connectivity index (χ0v) is 13.5. The van der Waals surface area contributed by atoms with Gasteiger partial charge in [-0.2, -0.15) is 0 Å². The van der Waals surface area contributed by atoms with Gasteiger partial charge in [0.05, 0.1) is 10.3 Å². The SMILES string of the molecule is CC12CCC(C(=O)Nc3ccc([N+](=O)[O-])cc3)(CC1=O)C2(C)C. The van der Waals surface area contributed by atoms with Crippen LogP contribution < -0.4 is 5.32 Å². The Bertz CT molecular complexity index is 710. The lowest BCUT2D eigenvalue weighted by atomic mass is 9.64. The van der Waals surface area contributed by atoms with Crippen molar-refractivity contribution in [3.05, 3.63) is 34.4 Å². The van der Waals surface area contributed by atoms with Crippen molar-refractivity contribution in [2.24, 2.45) is 16.2 Å². The van der Waals surface area contributed by atoms with Gasteiger partial charge in [-0.25, -0.2) is 0 Å². The average Bonchev–Trinajstić information content (AvgIpc) is 2.78. The minimum atomic E-state index is -0.694. The topological polar surface area (TPSA) is 89.3 Å². The summed E-state index contributed by atoms with van der Waals surface area (Å²) in [5, 5.41) is 13.5. The van der Waals surface area contributed by atoms with E-state index in [1.165, 1.54) is 24.3 Å². The molecule has 0 radical (unpaired) electrons. The molecule has 1 aromatic carbocycles. The number of fused-ring (bicyclic) bond motifs is 2. The molecule has 0 heterocycles. The summed E-state index contributed by atoms with van der Waals surface area (Å²) in [6.45, 7) is 5.96. The van der Waals surface area contributed by atoms with E-state index in [2.05, 4.69) is 5.32 Å². The summed E-state index contributed by atoms with van der Waals surface area (Å²) < 4.78 is 0. The third kappa shape index (κ3) is 1.87. The van der Waals surface area contributed by atoms with Crippen LogP contribution in [0, 0.1) is 26.4 Å². The summed E-state index contributed by atoms with van der Waals surface area (Å²) in [6.07, 6.45) is 1.70. The second-order valence-electron chi connectivity index (χ2n) is 7.40. The maximum Gasteiger partial charge on any atom is 0.269 e. The van der Waals surface area contributed by atoms with Gasteiger partial charge < -0.3 is 5.32 Å². The van der Waals surface area contributed by atoms with E-state index >= 15 is 0 Å². The van der Waals surface area contributed by atoms with Gasteiger partial charge >= 0.3 is 0 Å². The van der Waals surface area contributed by atoms with Gasteiger partial charge in [-0.3, -0.25) is 19.7 Å². The molecule has 0 aromatic heterocycles. The summed E-state index contributed by atoms with van der Waals surface area (Å²) in [6, 6.07) is 5.75. The van der Waals surface area contributed by atoms with Crippen molar-refractivity contribution < 1.29 is 14.5 Å². The van der Waals surface area contributed by atoms with Crippen LogP contribution in [0.4, 0.5) is 11.4 Å². The van der Waals surface area contributed by atoms with Gasteiger partial charge in [-0.15, -0.1) is 0 Å². The normalized spacial score (nSPS) is 31.2. The van der Waals surface area contributed by atoms with Crippen molar-refractivity contribution in [3.63, 3.8) is 0 Å². The number of benzene rings is 1. The Morgan fingerprint density at radius 2 is 1.78 bits per heavy atom. The van der Waals surface area contributed by atoms with Gasteiger partial charge in [-0.1, -0.05) is 20.8 Å². The highest BCUT2D eigenvalue weighted by molar-refractivity contribution is 6.04. The van der Waals surface area contributed by atoms with Crippen LogP contribution in [0.1, 0.15) is 40.0 Å². The number of nitrogens with zero attached hydrogens (tertiary/aromatic N) is 1. The standard InChI is InChI=1S/C17H20N2O4/c1-15(2)16(3)8-9-17(15,10-13(16)20)14(21)18-11-4-6-12(7-5-11)19(22)23/h4-7H,8-10H2,1-3H3,(H,18,21). The molecule has 1 amide bonds. The molecular weight excluding hydrogens is 296 g/mol. The lowest BCUT2D eigenvalue weighted by molar-refractivity contribution is -0.384. The number of hydrogen-bond acceptors (Lipinski definition) is 4. The van der Waals surface area contributed by atoms with E-state index in [-0.39, 0.29) is 23.8 Å².